The van der Waals surface area contributed by atoms with E-state index in [1.165, 1.54) is 0 Å². The molecule has 0 bridgehead atoms. The lowest BCUT2D eigenvalue weighted by atomic mass is 9.92. The second-order valence-corrected chi connectivity index (χ2v) is 4.38. The average molecular weight is 269 g/mol. The molecule has 0 saturated heterocycles. The largest absolute Gasteiger partial charge is 0.480 e. The van der Waals surface area contributed by atoms with Gasteiger partial charge in [-0.3, -0.25) is 4.79 Å². The molecule has 7 nitrogen and oxygen atoms in total. The number of carbonyl (C=O) groups is 2. The normalized spacial score (nSPS) is 11.3. The highest BCUT2D eigenvalue weighted by Crippen LogP contribution is 2.15. The molecule has 0 saturated carbocycles. The monoisotopic (exact) mass is 269 g/mol. The fourth-order valence-corrected chi connectivity index (χ4v) is 1.77. The maximum atomic E-state index is 11.8. The molecule has 0 spiro atoms. The predicted molar refractivity (Wildman–Crippen MR) is 66.4 cm³/mol. The lowest BCUT2D eigenvalue weighted by Gasteiger charge is -2.27. The SMILES string of the molecule is CCC(CC)(NC(=O)CCc1nc(C)no1)C(=O)O. The van der Waals surface area contributed by atoms with Gasteiger partial charge in [0.05, 0.1) is 0 Å². The number of carbonyl (C=O) groups excluding carboxylic acids is 1. The first-order valence-corrected chi connectivity index (χ1v) is 6.27. The number of nitrogens with one attached hydrogen (secondary N) is 1. The molecule has 0 aliphatic heterocycles. The van der Waals surface area contributed by atoms with E-state index in [4.69, 9.17) is 4.52 Å². The first-order chi connectivity index (χ1) is 8.93. The highest BCUT2D eigenvalue weighted by atomic mass is 16.5. The van der Waals surface area contributed by atoms with Gasteiger partial charge in [0.1, 0.15) is 5.54 Å². The van der Waals surface area contributed by atoms with Gasteiger partial charge in [0, 0.05) is 12.8 Å². The van der Waals surface area contributed by atoms with Crippen LogP contribution in [0.25, 0.3) is 0 Å². The Hall–Kier alpha value is -1.92. The number of aryl methyl sites for hydroxylation is 2. The fraction of sp³-hybridized carbons (Fsp3) is 0.667. The van der Waals surface area contributed by atoms with Crippen molar-refractivity contribution in [2.75, 3.05) is 0 Å². The molecule has 1 rings (SSSR count). The zero-order valence-electron chi connectivity index (χ0n) is 11.4. The number of aliphatic carboxylic acids is 1. The standard InChI is InChI=1S/C12H19N3O4/c1-4-12(5-2,11(17)18)14-9(16)6-7-10-13-8(3)15-19-10/h4-7H2,1-3H3,(H,14,16)(H,17,18). The summed E-state index contributed by atoms with van der Waals surface area (Å²) in [6, 6.07) is 0. The van der Waals surface area contributed by atoms with Gasteiger partial charge in [0.2, 0.25) is 11.8 Å². The maximum absolute atomic E-state index is 11.8. The van der Waals surface area contributed by atoms with Gasteiger partial charge in [-0.05, 0) is 19.8 Å². The number of nitrogens with zero attached hydrogens (tertiary/aromatic N) is 2. The summed E-state index contributed by atoms with van der Waals surface area (Å²) in [5.41, 5.74) is -1.19. The minimum absolute atomic E-state index is 0.122. The van der Waals surface area contributed by atoms with E-state index in [9.17, 15) is 14.7 Å². The van der Waals surface area contributed by atoms with E-state index in [0.29, 0.717) is 31.0 Å². The van der Waals surface area contributed by atoms with Crippen LogP contribution in [-0.4, -0.2) is 32.7 Å². The molecule has 19 heavy (non-hydrogen) atoms. The molecular weight excluding hydrogens is 250 g/mol. The Balaban J connectivity index is 2.56. The van der Waals surface area contributed by atoms with Crippen molar-refractivity contribution in [3.8, 4) is 0 Å². The Morgan fingerprint density at radius 3 is 2.42 bits per heavy atom. The van der Waals surface area contributed by atoms with Crippen LogP contribution in [0.4, 0.5) is 0 Å². The van der Waals surface area contributed by atoms with Crippen LogP contribution in [0, 0.1) is 6.92 Å². The molecule has 0 aliphatic carbocycles. The highest BCUT2D eigenvalue weighted by Gasteiger charge is 2.36. The summed E-state index contributed by atoms with van der Waals surface area (Å²) in [4.78, 5) is 27.0. The summed E-state index contributed by atoms with van der Waals surface area (Å²) in [5, 5.41) is 15.4. The predicted octanol–water partition coefficient (Wildman–Crippen LogP) is 1.07. The van der Waals surface area contributed by atoms with E-state index in [1.807, 2.05) is 0 Å². The third-order valence-electron chi connectivity index (χ3n) is 3.13. The quantitative estimate of drug-likeness (QED) is 0.767. The first kappa shape index (κ1) is 15.1. The van der Waals surface area contributed by atoms with Crippen LogP contribution in [0.1, 0.15) is 44.8 Å². The molecule has 7 heteroatoms. The zero-order chi connectivity index (χ0) is 14.5. The van der Waals surface area contributed by atoms with E-state index < -0.39 is 11.5 Å². The highest BCUT2D eigenvalue weighted by molar-refractivity contribution is 5.86. The lowest BCUT2D eigenvalue weighted by Crippen LogP contribution is -2.53. The third-order valence-corrected chi connectivity index (χ3v) is 3.13. The molecule has 0 aliphatic rings. The molecule has 1 heterocycles. The average Bonchev–Trinajstić information content (AvgIpc) is 2.79. The number of rotatable bonds is 7. The second kappa shape index (κ2) is 6.31. The number of carboxylic acids is 1. The second-order valence-electron chi connectivity index (χ2n) is 4.38. The third kappa shape index (κ3) is 3.77. The van der Waals surface area contributed by atoms with E-state index in [-0.39, 0.29) is 12.3 Å². The molecule has 0 atom stereocenters. The molecular formula is C12H19N3O4. The van der Waals surface area contributed by atoms with Crippen molar-refractivity contribution in [2.45, 2.75) is 52.0 Å². The smallest absolute Gasteiger partial charge is 0.329 e. The molecule has 1 aromatic heterocycles. The van der Waals surface area contributed by atoms with Crippen LogP contribution < -0.4 is 5.32 Å². The van der Waals surface area contributed by atoms with E-state index >= 15 is 0 Å². The maximum Gasteiger partial charge on any atom is 0.329 e. The van der Waals surface area contributed by atoms with E-state index in [0.717, 1.165) is 0 Å². The van der Waals surface area contributed by atoms with Gasteiger partial charge in [-0.15, -0.1) is 0 Å². The number of carboxylic acid groups (broad SMARTS) is 1. The Labute approximate surface area is 111 Å². The summed E-state index contributed by atoms with van der Waals surface area (Å²) in [6.07, 6.45) is 1.10. The first-order valence-electron chi connectivity index (χ1n) is 6.27. The Morgan fingerprint density at radius 1 is 1.37 bits per heavy atom. The topological polar surface area (TPSA) is 105 Å². The van der Waals surface area contributed by atoms with Gasteiger partial charge in [0.25, 0.3) is 0 Å². The van der Waals surface area contributed by atoms with Gasteiger partial charge in [-0.2, -0.15) is 4.98 Å². The molecule has 0 fully saturated rings. The van der Waals surface area contributed by atoms with Crippen molar-refractivity contribution in [3.63, 3.8) is 0 Å². The summed E-state index contributed by atoms with van der Waals surface area (Å²) in [6.45, 7) is 5.16. The minimum atomic E-state index is -1.19. The summed E-state index contributed by atoms with van der Waals surface area (Å²) < 4.78 is 4.89. The summed E-state index contributed by atoms with van der Waals surface area (Å²) in [5.74, 6) is -0.458. The molecule has 1 aromatic rings. The molecule has 0 aromatic carbocycles. The van der Waals surface area contributed by atoms with Crippen molar-refractivity contribution in [1.29, 1.82) is 0 Å². The van der Waals surface area contributed by atoms with Gasteiger partial charge >= 0.3 is 5.97 Å². The minimum Gasteiger partial charge on any atom is -0.480 e. The van der Waals surface area contributed by atoms with E-state index in [1.54, 1.807) is 20.8 Å². The van der Waals surface area contributed by atoms with Crippen LogP contribution in [0.15, 0.2) is 4.52 Å². The number of hydrogen-bond acceptors (Lipinski definition) is 5. The molecule has 0 radical (unpaired) electrons. The van der Waals surface area contributed by atoms with Gasteiger partial charge in [0.15, 0.2) is 5.82 Å². The van der Waals surface area contributed by atoms with Crippen molar-refractivity contribution in [2.24, 2.45) is 0 Å². The summed E-state index contributed by atoms with van der Waals surface area (Å²) >= 11 is 0. The van der Waals surface area contributed by atoms with Crippen LogP contribution >= 0.6 is 0 Å². The molecule has 2 N–H and O–H groups in total. The molecule has 106 valence electrons. The van der Waals surface area contributed by atoms with Gasteiger partial charge < -0.3 is 14.9 Å². The van der Waals surface area contributed by atoms with Crippen LogP contribution in [0.5, 0.6) is 0 Å². The van der Waals surface area contributed by atoms with Gasteiger partial charge in [-0.1, -0.05) is 19.0 Å². The Morgan fingerprint density at radius 2 is 2.00 bits per heavy atom. The van der Waals surface area contributed by atoms with Crippen molar-refractivity contribution < 1.29 is 19.2 Å². The zero-order valence-corrected chi connectivity index (χ0v) is 11.4. The Kier molecular flexibility index (Phi) is 5.02. The molecule has 1 amide bonds. The van der Waals surface area contributed by atoms with Crippen LogP contribution in [0.3, 0.4) is 0 Å². The Bertz CT molecular complexity index is 452. The number of amides is 1. The van der Waals surface area contributed by atoms with Crippen molar-refractivity contribution in [1.82, 2.24) is 15.5 Å². The lowest BCUT2D eigenvalue weighted by molar-refractivity contribution is -0.148. The summed E-state index contributed by atoms with van der Waals surface area (Å²) in [7, 11) is 0. The van der Waals surface area contributed by atoms with Crippen molar-refractivity contribution >= 4 is 11.9 Å². The van der Waals surface area contributed by atoms with Crippen molar-refractivity contribution in [3.05, 3.63) is 11.7 Å². The number of aromatic nitrogens is 2. The fourth-order valence-electron chi connectivity index (χ4n) is 1.77. The van der Waals surface area contributed by atoms with Crippen LogP contribution in [-0.2, 0) is 16.0 Å². The van der Waals surface area contributed by atoms with Gasteiger partial charge in [-0.25, -0.2) is 4.79 Å². The van der Waals surface area contributed by atoms with E-state index in [2.05, 4.69) is 15.5 Å². The molecule has 0 unspecified atom stereocenters. The van der Waals surface area contributed by atoms with Crippen LogP contribution in [0.2, 0.25) is 0 Å². The number of hydrogen-bond donors (Lipinski definition) is 2.